The molecule has 0 saturated heterocycles. The number of rotatable bonds is 14. The van der Waals surface area contributed by atoms with E-state index in [0.717, 1.165) is 42.5 Å². The molecule has 1 fully saturated rings. The van der Waals surface area contributed by atoms with E-state index in [1.165, 1.54) is 20.3 Å². The number of dihydropyridines is 1. The molecule has 3 aromatic rings. The van der Waals surface area contributed by atoms with E-state index in [4.69, 9.17) is 15.2 Å². The first-order valence-electron chi connectivity index (χ1n) is 15.9. The molecule has 1 saturated carbocycles. The van der Waals surface area contributed by atoms with Gasteiger partial charge in [-0.15, -0.1) is 0 Å². The van der Waals surface area contributed by atoms with Gasteiger partial charge in [0.1, 0.15) is 5.78 Å². The molecule has 1 aromatic heterocycles. The van der Waals surface area contributed by atoms with Crippen LogP contribution in [0.15, 0.2) is 72.2 Å². The Labute approximate surface area is 269 Å². The minimum absolute atomic E-state index is 0.0380. The maximum atomic E-state index is 14.6. The maximum Gasteiger partial charge on any atom is 0.200 e. The summed E-state index contributed by atoms with van der Waals surface area (Å²) in [5.74, 6) is -0.371. The van der Waals surface area contributed by atoms with Gasteiger partial charge >= 0.3 is 0 Å². The highest BCUT2D eigenvalue weighted by atomic mass is 16.5. The number of hydrogen-bond donors (Lipinski definition) is 7. The summed E-state index contributed by atoms with van der Waals surface area (Å²) in [5, 5.41) is 45.8. The lowest BCUT2D eigenvalue weighted by atomic mass is 9.58. The summed E-state index contributed by atoms with van der Waals surface area (Å²) in [5.41, 5.74) is 9.21. The average molecular weight is 632 g/mol. The molecule has 1 aliphatic carbocycles. The Morgan fingerprint density at radius 2 is 1.83 bits per heavy atom. The van der Waals surface area contributed by atoms with Crippen LogP contribution >= 0.6 is 0 Å². The van der Waals surface area contributed by atoms with Crippen molar-refractivity contribution in [3.05, 3.63) is 89.0 Å². The number of allylic oxidation sites excluding steroid dienone is 2. The van der Waals surface area contributed by atoms with Crippen LogP contribution in [-0.2, 0) is 24.1 Å². The van der Waals surface area contributed by atoms with Crippen molar-refractivity contribution in [1.82, 2.24) is 10.3 Å². The molecule has 246 valence electrons. The number of ether oxygens (including phenoxy) is 2. The number of Topliss-reactive ketones (excluding diaryl/α,β-unsaturated/α-hetero) is 1. The molecule has 0 unspecified atom stereocenters. The van der Waals surface area contributed by atoms with Crippen LogP contribution < -0.4 is 20.5 Å². The summed E-state index contributed by atoms with van der Waals surface area (Å²) in [7, 11) is 2.89. The normalized spacial score (nSPS) is 20.7. The first-order valence-corrected chi connectivity index (χ1v) is 15.9. The highest BCUT2D eigenvalue weighted by Gasteiger charge is 2.54. The van der Waals surface area contributed by atoms with Crippen LogP contribution in [0.2, 0.25) is 0 Å². The van der Waals surface area contributed by atoms with Crippen molar-refractivity contribution < 1.29 is 34.7 Å². The van der Waals surface area contributed by atoms with E-state index in [1.54, 1.807) is 24.3 Å². The van der Waals surface area contributed by atoms with Crippen LogP contribution in [0.5, 0.6) is 28.7 Å². The number of aromatic hydroxyl groups is 3. The fraction of sp³-hybridized carbons (Fsp3) is 0.417. The van der Waals surface area contributed by atoms with Crippen LogP contribution in [0.1, 0.15) is 48.9 Å². The van der Waals surface area contributed by atoms with E-state index in [9.17, 15) is 25.2 Å². The summed E-state index contributed by atoms with van der Waals surface area (Å²) in [6, 6.07) is 12.2. The van der Waals surface area contributed by atoms with Crippen molar-refractivity contribution in [2.24, 2.45) is 23.0 Å². The summed E-state index contributed by atoms with van der Waals surface area (Å²) in [6.07, 6.45) is 9.39. The van der Waals surface area contributed by atoms with Gasteiger partial charge in [0.2, 0.25) is 5.75 Å². The summed E-state index contributed by atoms with van der Waals surface area (Å²) >= 11 is 0. The number of nitrogens with two attached hydrogens (primary N) is 1. The Hall–Kier alpha value is -4.57. The van der Waals surface area contributed by atoms with Crippen molar-refractivity contribution in [3.63, 3.8) is 0 Å². The predicted octanol–water partition coefficient (Wildman–Crippen LogP) is 4.62. The van der Waals surface area contributed by atoms with Gasteiger partial charge in [-0.25, -0.2) is 0 Å². The van der Waals surface area contributed by atoms with E-state index in [1.807, 2.05) is 18.3 Å². The second-order valence-corrected chi connectivity index (χ2v) is 12.4. The molecule has 2 aromatic carbocycles. The third-order valence-electron chi connectivity index (χ3n) is 9.73. The second-order valence-electron chi connectivity index (χ2n) is 12.4. The summed E-state index contributed by atoms with van der Waals surface area (Å²) < 4.78 is 10.5. The first kappa shape index (κ1) is 32.8. The van der Waals surface area contributed by atoms with Crippen LogP contribution in [0, 0.1) is 17.3 Å². The minimum atomic E-state index is -0.982. The lowest BCUT2D eigenvalue weighted by Gasteiger charge is -2.46. The van der Waals surface area contributed by atoms with E-state index in [-0.39, 0.29) is 47.5 Å². The lowest BCUT2D eigenvalue weighted by Crippen LogP contribution is -2.48. The van der Waals surface area contributed by atoms with Crippen LogP contribution in [0.3, 0.4) is 0 Å². The van der Waals surface area contributed by atoms with E-state index in [0.29, 0.717) is 36.5 Å². The lowest BCUT2D eigenvalue weighted by molar-refractivity contribution is -0.133. The average Bonchev–Trinajstić information content (AvgIpc) is 3.72. The Morgan fingerprint density at radius 1 is 1.04 bits per heavy atom. The van der Waals surface area contributed by atoms with Gasteiger partial charge in [-0.05, 0) is 104 Å². The number of benzene rings is 2. The van der Waals surface area contributed by atoms with Gasteiger partial charge < -0.3 is 45.9 Å². The third kappa shape index (κ3) is 6.82. The number of aryl methyl sites for hydroxylation is 2. The van der Waals surface area contributed by atoms with Crippen LogP contribution in [-0.4, -0.2) is 58.1 Å². The number of hydrogen-bond acceptors (Lipinski definition) is 9. The van der Waals surface area contributed by atoms with Gasteiger partial charge in [-0.2, -0.15) is 0 Å². The highest BCUT2D eigenvalue weighted by molar-refractivity contribution is 5.83. The Kier molecular flexibility index (Phi) is 10.2. The number of carbonyl (C=O) groups is 1. The molecular weight excluding hydrogens is 586 g/mol. The number of carbonyl (C=O) groups excluding carboxylic acids is 1. The molecule has 8 N–H and O–H groups in total. The molecule has 0 radical (unpaired) electrons. The van der Waals surface area contributed by atoms with Gasteiger partial charge in [-0.3, -0.25) is 4.79 Å². The largest absolute Gasteiger partial charge is 0.504 e. The molecular formula is C36H45N3O7. The van der Waals surface area contributed by atoms with Crippen molar-refractivity contribution in [2.45, 2.75) is 57.5 Å². The van der Waals surface area contributed by atoms with Gasteiger partial charge in [0, 0.05) is 30.3 Å². The van der Waals surface area contributed by atoms with E-state index >= 15 is 0 Å². The molecule has 10 nitrogen and oxygen atoms in total. The number of phenolic OH excluding ortho intramolecular Hbond substituents is 3. The fourth-order valence-corrected chi connectivity index (χ4v) is 7.57. The number of aromatic amines is 1. The second kappa shape index (κ2) is 14.2. The van der Waals surface area contributed by atoms with Gasteiger partial charge in [0.25, 0.3) is 0 Å². The molecule has 0 amide bonds. The molecule has 2 aliphatic rings. The molecule has 1 aliphatic heterocycles. The van der Waals surface area contributed by atoms with Gasteiger partial charge in [0.05, 0.1) is 32.1 Å². The van der Waals surface area contributed by atoms with Crippen molar-refractivity contribution in [2.75, 3.05) is 20.8 Å². The molecule has 10 heteroatoms. The predicted molar refractivity (Wildman–Crippen MR) is 175 cm³/mol. The Morgan fingerprint density at radius 3 is 2.54 bits per heavy atom. The minimum Gasteiger partial charge on any atom is -0.504 e. The standard InChI is InChI=1S/C36H45N3O7/c1-45-31-18-22(7-10-27(31)40)8-11-28(41)34(29(42)12-9-23-17-30(43)35(44)32(19-23)46-2)36(25-13-16-39-33(37)21-25)14-3-5-24(36)20-26-6-4-15-38-26/h4,6-7,10,13,15,17-19,21,24,28,34,38-41,43-44H,3,5,8-9,11-12,14,16,20,37H2,1-2H3/t24-,28-,34-,36+/m1/s1. The summed E-state index contributed by atoms with van der Waals surface area (Å²) in [6.45, 7) is 0.533. The van der Waals surface area contributed by atoms with Crippen molar-refractivity contribution in [3.8, 4) is 28.7 Å². The number of aromatic nitrogens is 1. The van der Waals surface area contributed by atoms with Gasteiger partial charge in [-0.1, -0.05) is 18.6 Å². The van der Waals surface area contributed by atoms with Crippen molar-refractivity contribution in [1.29, 1.82) is 0 Å². The Bertz CT molecular complexity index is 1580. The zero-order valence-corrected chi connectivity index (χ0v) is 26.5. The monoisotopic (exact) mass is 631 g/mol. The molecule has 0 spiro atoms. The van der Waals surface area contributed by atoms with Gasteiger partial charge in [0.15, 0.2) is 23.0 Å². The molecule has 4 atom stereocenters. The molecule has 0 bridgehead atoms. The zero-order chi connectivity index (χ0) is 32.8. The number of aliphatic hydroxyl groups excluding tert-OH is 1. The van der Waals surface area contributed by atoms with E-state index < -0.39 is 17.4 Å². The number of H-pyrrole nitrogens is 1. The number of phenols is 3. The number of nitrogens with one attached hydrogen (secondary N) is 2. The van der Waals surface area contributed by atoms with Crippen LogP contribution in [0.4, 0.5) is 0 Å². The third-order valence-corrected chi connectivity index (χ3v) is 9.73. The molecule has 5 rings (SSSR count). The SMILES string of the molecule is COc1cc(CC[C@@H](O)[C@H](C(=O)CCc2cc(O)c(O)c(OC)c2)[C@@]2(C3=CCNC(N)=C3)CCC[C@@H]2Cc2ccc[nH]2)ccc1O. The fourth-order valence-electron chi connectivity index (χ4n) is 7.57. The number of ketones is 1. The molecule has 46 heavy (non-hydrogen) atoms. The Balaban J connectivity index is 1.52. The maximum absolute atomic E-state index is 14.6. The smallest absolute Gasteiger partial charge is 0.200 e. The topological polar surface area (TPSA) is 170 Å². The van der Waals surface area contributed by atoms with Crippen LogP contribution in [0.25, 0.3) is 0 Å². The van der Waals surface area contributed by atoms with Crippen molar-refractivity contribution >= 4 is 5.78 Å². The molecule has 2 heterocycles. The zero-order valence-electron chi connectivity index (χ0n) is 26.5. The first-order chi connectivity index (χ1) is 22.2. The van der Waals surface area contributed by atoms with E-state index in [2.05, 4.69) is 22.4 Å². The number of aliphatic hydroxyl groups is 1. The quantitative estimate of drug-likeness (QED) is 0.126. The number of methoxy groups -OCH3 is 2. The highest BCUT2D eigenvalue weighted by Crippen LogP contribution is 2.57. The summed E-state index contributed by atoms with van der Waals surface area (Å²) in [4.78, 5) is 18.0.